The quantitative estimate of drug-likeness (QED) is 0.585. The molecule has 0 fully saturated rings. The summed E-state index contributed by atoms with van der Waals surface area (Å²) >= 11 is 16.2. The topological polar surface area (TPSA) is 9.23 Å². The van der Waals surface area contributed by atoms with E-state index in [1.165, 1.54) is 0 Å². The highest BCUT2D eigenvalue weighted by Gasteiger charge is 2.15. The summed E-state index contributed by atoms with van der Waals surface area (Å²) in [7, 11) is 0. The third-order valence-corrected chi connectivity index (χ3v) is 4.40. The predicted octanol–water partition coefficient (Wildman–Crippen LogP) is 6.14. The van der Waals surface area contributed by atoms with Crippen molar-refractivity contribution in [2.45, 2.75) is 19.2 Å². The van der Waals surface area contributed by atoms with Gasteiger partial charge in [0.25, 0.3) is 0 Å². The van der Waals surface area contributed by atoms with Crippen molar-refractivity contribution in [2.24, 2.45) is 0 Å². The van der Waals surface area contributed by atoms with E-state index in [2.05, 4.69) is 15.9 Å². The first kappa shape index (κ1) is 15.7. The van der Waals surface area contributed by atoms with Gasteiger partial charge in [0, 0.05) is 5.02 Å². The van der Waals surface area contributed by atoms with E-state index < -0.39 is 0 Å². The van der Waals surface area contributed by atoms with Crippen LogP contribution in [0.2, 0.25) is 5.02 Å². The molecule has 0 saturated carbocycles. The van der Waals surface area contributed by atoms with Crippen molar-refractivity contribution in [3.05, 3.63) is 62.6 Å². The summed E-state index contributed by atoms with van der Waals surface area (Å²) in [6.45, 7) is 4.63. The number of aryl methyl sites for hydroxylation is 1. The number of hydrogen-bond acceptors (Lipinski definition) is 1. The molecule has 0 aliphatic carbocycles. The Bertz CT molecular complexity index is 613. The predicted molar refractivity (Wildman–Crippen MR) is 89.2 cm³/mol. The monoisotopic (exact) mass is 372 g/mol. The zero-order chi connectivity index (χ0) is 14.7. The SMILES string of the molecule is CCOc1ccc(C(Cl)c2cc(Cl)ccc2C)cc1Br. The summed E-state index contributed by atoms with van der Waals surface area (Å²) < 4.78 is 6.41. The van der Waals surface area contributed by atoms with Gasteiger partial charge in [-0.25, -0.2) is 0 Å². The fourth-order valence-corrected chi connectivity index (χ4v) is 3.07. The van der Waals surface area contributed by atoms with Gasteiger partial charge in [-0.3, -0.25) is 0 Å². The van der Waals surface area contributed by atoms with Crippen LogP contribution < -0.4 is 4.74 Å². The zero-order valence-corrected chi connectivity index (χ0v) is 14.4. The maximum Gasteiger partial charge on any atom is 0.133 e. The van der Waals surface area contributed by atoms with Gasteiger partial charge in [0.1, 0.15) is 5.75 Å². The molecule has 0 aliphatic rings. The molecule has 2 aromatic rings. The molecule has 4 heteroatoms. The Hall–Kier alpha value is -0.700. The Morgan fingerprint density at radius 1 is 1.20 bits per heavy atom. The van der Waals surface area contributed by atoms with Crippen molar-refractivity contribution in [3.8, 4) is 5.75 Å². The molecule has 0 saturated heterocycles. The zero-order valence-electron chi connectivity index (χ0n) is 11.3. The van der Waals surface area contributed by atoms with Crippen molar-refractivity contribution < 1.29 is 4.74 Å². The molecular formula is C16H15BrCl2O. The summed E-state index contributed by atoms with van der Waals surface area (Å²) in [6, 6.07) is 11.7. The Kier molecular flexibility index (Phi) is 5.36. The number of halogens is 3. The number of rotatable bonds is 4. The van der Waals surface area contributed by atoms with Crippen molar-refractivity contribution >= 4 is 39.1 Å². The number of ether oxygens (including phenoxy) is 1. The van der Waals surface area contributed by atoms with Gasteiger partial charge >= 0.3 is 0 Å². The van der Waals surface area contributed by atoms with Gasteiger partial charge in [0.05, 0.1) is 16.5 Å². The second-order valence-corrected chi connectivity index (χ2v) is 6.21. The van der Waals surface area contributed by atoms with Crippen LogP contribution in [0.4, 0.5) is 0 Å². The van der Waals surface area contributed by atoms with Crippen LogP contribution in [0.1, 0.15) is 29.0 Å². The number of benzene rings is 2. The molecular weight excluding hydrogens is 359 g/mol. The summed E-state index contributed by atoms with van der Waals surface area (Å²) in [4.78, 5) is 0. The number of alkyl halides is 1. The first-order valence-electron chi connectivity index (χ1n) is 6.35. The van der Waals surface area contributed by atoms with E-state index >= 15 is 0 Å². The Balaban J connectivity index is 2.35. The minimum absolute atomic E-state index is 0.235. The van der Waals surface area contributed by atoms with E-state index in [0.717, 1.165) is 26.9 Å². The molecule has 1 nitrogen and oxygen atoms in total. The average Bonchev–Trinajstić information content (AvgIpc) is 2.43. The molecule has 0 spiro atoms. The highest BCUT2D eigenvalue weighted by molar-refractivity contribution is 9.10. The van der Waals surface area contributed by atoms with Crippen LogP contribution in [0.5, 0.6) is 5.75 Å². The molecule has 0 aromatic heterocycles. The lowest BCUT2D eigenvalue weighted by Gasteiger charge is -2.15. The van der Waals surface area contributed by atoms with Crippen LogP contribution in [-0.2, 0) is 0 Å². The molecule has 106 valence electrons. The molecule has 2 rings (SSSR count). The van der Waals surface area contributed by atoms with Gasteiger partial charge in [-0.15, -0.1) is 11.6 Å². The molecule has 0 aliphatic heterocycles. The molecule has 20 heavy (non-hydrogen) atoms. The lowest BCUT2D eigenvalue weighted by molar-refractivity contribution is 0.338. The maximum atomic E-state index is 6.59. The van der Waals surface area contributed by atoms with Crippen molar-refractivity contribution in [1.82, 2.24) is 0 Å². The van der Waals surface area contributed by atoms with Crippen LogP contribution in [0.25, 0.3) is 0 Å². The van der Waals surface area contributed by atoms with Crippen molar-refractivity contribution in [3.63, 3.8) is 0 Å². The van der Waals surface area contributed by atoms with Gasteiger partial charge in [0.15, 0.2) is 0 Å². The average molecular weight is 374 g/mol. The molecule has 1 atom stereocenters. The van der Waals surface area contributed by atoms with Crippen molar-refractivity contribution in [1.29, 1.82) is 0 Å². The third kappa shape index (κ3) is 3.49. The standard InChI is InChI=1S/C16H15BrCl2O/c1-3-20-15-7-5-11(8-14(15)17)16(19)13-9-12(18)6-4-10(13)2/h4-9,16H,3H2,1-2H3. The molecule has 0 radical (unpaired) electrons. The Morgan fingerprint density at radius 3 is 2.60 bits per heavy atom. The molecule has 1 unspecified atom stereocenters. The van der Waals surface area contributed by atoms with E-state index in [4.69, 9.17) is 27.9 Å². The van der Waals surface area contributed by atoms with E-state index in [0.29, 0.717) is 11.6 Å². The van der Waals surface area contributed by atoms with Crippen LogP contribution >= 0.6 is 39.1 Å². The largest absolute Gasteiger partial charge is 0.493 e. The minimum atomic E-state index is -0.235. The lowest BCUT2D eigenvalue weighted by atomic mass is 10.00. The van der Waals surface area contributed by atoms with Crippen LogP contribution in [0, 0.1) is 6.92 Å². The Labute approximate surface area is 138 Å². The fraction of sp³-hybridized carbons (Fsp3) is 0.250. The third-order valence-electron chi connectivity index (χ3n) is 3.06. The second-order valence-electron chi connectivity index (χ2n) is 4.49. The molecule has 0 bridgehead atoms. The first-order valence-corrected chi connectivity index (χ1v) is 7.96. The molecule has 0 heterocycles. The highest BCUT2D eigenvalue weighted by atomic mass is 79.9. The molecule has 0 N–H and O–H groups in total. The van der Waals surface area contributed by atoms with E-state index in [-0.39, 0.29) is 5.38 Å². The van der Waals surface area contributed by atoms with E-state index in [1.807, 2.05) is 50.2 Å². The summed E-state index contributed by atoms with van der Waals surface area (Å²) in [5.74, 6) is 0.822. The fourth-order valence-electron chi connectivity index (χ4n) is 2.01. The van der Waals surface area contributed by atoms with Gasteiger partial charge in [0.2, 0.25) is 0 Å². The van der Waals surface area contributed by atoms with Gasteiger partial charge in [-0.1, -0.05) is 23.7 Å². The summed E-state index contributed by atoms with van der Waals surface area (Å²) in [5, 5.41) is 0.460. The van der Waals surface area contributed by atoms with E-state index in [1.54, 1.807) is 0 Å². The highest BCUT2D eigenvalue weighted by Crippen LogP contribution is 2.36. The van der Waals surface area contributed by atoms with Crippen LogP contribution in [-0.4, -0.2) is 6.61 Å². The van der Waals surface area contributed by atoms with Gasteiger partial charge < -0.3 is 4.74 Å². The van der Waals surface area contributed by atoms with Crippen LogP contribution in [0.15, 0.2) is 40.9 Å². The van der Waals surface area contributed by atoms with E-state index in [9.17, 15) is 0 Å². The second kappa shape index (κ2) is 6.84. The van der Waals surface area contributed by atoms with Gasteiger partial charge in [-0.05, 0) is 70.7 Å². The number of hydrogen-bond donors (Lipinski definition) is 0. The summed E-state index contributed by atoms with van der Waals surface area (Å²) in [5.41, 5.74) is 3.15. The van der Waals surface area contributed by atoms with Crippen molar-refractivity contribution in [2.75, 3.05) is 6.61 Å². The van der Waals surface area contributed by atoms with Gasteiger partial charge in [-0.2, -0.15) is 0 Å². The maximum absolute atomic E-state index is 6.59. The summed E-state index contributed by atoms with van der Waals surface area (Å²) in [6.07, 6.45) is 0. The normalized spacial score (nSPS) is 12.2. The Morgan fingerprint density at radius 2 is 1.95 bits per heavy atom. The van der Waals surface area contributed by atoms with Crippen LogP contribution in [0.3, 0.4) is 0 Å². The molecule has 0 amide bonds. The smallest absolute Gasteiger partial charge is 0.133 e. The molecule has 2 aromatic carbocycles. The minimum Gasteiger partial charge on any atom is -0.493 e. The first-order chi connectivity index (χ1) is 9.52. The lowest BCUT2D eigenvalue weighted by Crippen LogP contribution is -1.98.